The van der Waals surface area contributed by atoms with Crippen LogP contribution >= 0.6 is 0 Å². The third-order valence-corrected chi connectivity index (χ3v) is 1.85. The molecule has 0 aromatic rings. The van der Waals surface area contributed by atoms with Crippen molar-refractivity contribution in [3.05, 3.63) is 0 Å². The fourth-order valence-electron chi connectivity index (χ4n) is 1.17. The summed E-state index contributed by atoms with van der Waals surface area (Å²) in [6.45, 7) is 2.80. The third-order valence-electron chi connectivity index (χ3n) is 1.85. The van der Waals surface area contributed by atoms with E-state index >= 15 is 0 Å². The number of hydrogen-bond acceptors (Lipinski definition) is 3. The summed E-state index contributed by atoms with van der Waals surface area (Å²) in [5.74, 6) is 0.671. The van der Waals surface area contributed by atoms with Gasteiger partial charge in [0.25, 0.3) is 0 Å². The lowest BCUT2D eigenvalue weighted by Gasteiger charge is -2.16. The summed E-state index contributed by atoms with van der Waals surface area (Å²) >= 11 is 0. The van der Waals surface area contributed by atoms with Gasteiger partial charge in [0.1, 0.15) is 0 Å². The number of hydroxylamine groups is 2. The molecule has 0 spiro atoms. The van der Waals surface area contributed by atoms with E-state index in [9.17, 15) is 0 Å². The molecule has 0 amide bonds. The molecule has 3 heteroatoms. The summed E-state index contributed by atoms with van der Waals surface area (Å²) in [7, 11) is 3.63. The SMILES string of the molecule is CON(C)CC1CCOC1. The van der Waals surface area contributed by atoms with Gasteiger partial charge in [-0.15, -0.1) is 0 Å². The number of hydrogen-bond donors (Lipinski definition) is 0. The Labute approximate surface area is 61.9 Å². The predicted molar refractivity (Wildman–Crippen MR) is 38.6 cm³/mol. The first kappa shape index (κ1) is 7.98. The zero-order valence-corrected chi connectivity index (χ0v) is 6.67. The molecule has 1 atom stereocenters. The van der Waals surface area contributed by atoms with E-state index in [1.807, 2.05) is 12.1 Å². The highest BCUT2D eigenvalue weighted by molar-refractivity contribution is 4.64. The van der Waals surface area contributed by atoms with Gasteiger partial charge in [0, 0.05) is 20.2 Å². The van der Waals surface area contributed by atoms with Crippen LogP contribution in [-0.4, -0.2) is 39.0 Å². The maximum absolute atomic E-state index is 5.22. The van der Waals surface area contributed by atoms with Crippen LogP contribution in [0.1, 0.15) is 6.42 Å². The van der Waals surface area contributed by atoms with Gasteiger partial charge in [-0.1, -0.05) is 0 Å². The molecular weight excluding hydrogens is 130 g/mol. The molecule has 0 aromatic carbocycles. The molecule has 1 aliphatic heterocycles. The minimum Gasteiger partial charge on any atom is -0.381 e. The normalized spacial score (nSPS) is 26.1. The molecule has 10 heavy (non-hydrogen) atoms. The summed E-state index contributed by atoms with van der Waals surface area (Å²) in [5.41, 5.74) is 0. The molecule has 1 saturated heterocycles. The van der Waals surface area contributed by atoms with Crippen LogP contribution in [0.4, 0.5) is 0 Å². The van der Waals surface area contributed by atoms with Gasteiger partial charge in [0.2, 0.25) is 0 Å². The number of nitrogens with zero attached hydrogens (tertiary/aromatic N) is 1. The summed E-state index contributed by atoms with van der Waals surface area (Å²) in [6.07, 6.45) is 1.17. The molecule has 1 unspecified atom stereocenters. The van der Waals surface area contributed by atoms with Gasteiger partial charge in [-0.3, -0.25) is 0 Å². The van der Waals surface area contributed by atoms with Crippen LogP contribution in [0.2, 0.25) is 0 Å². The molecule has 0 aliphatic carbocycles. The van der Waals surface area contributed by atoms with E-state index in [1.165, 1.54) is 6.42 Å². The average molecular weight is 145 g/mol. The van der Waals surface area contributed by atoms with Crippen molar-refractivity contribution >= 4 is 0 Å². The minimum absolute atomic E-state index is 0.671. The van der Waals surface area contributed by atoms with Crippen molar-refractivity contribution in [1.82, 2.24) is 5.06 Å². The Morgan fingerprint density at radius 1 is 1.70 bits per heavy atom. The van der Waals surface area contributed by atoms with Crippen molar-refractivity contribution in [3.63, 3.8) is 0 Å². The molecule has 0 saturated carbocycles. The van der Waals surface area contributed by atoms with Gasteiger partial charge in [-0.05, 0) is 12.3 Å². The Bertz CT molecular complexity index is 91.6. The standard InChI is InChI=1S/C7H15NO2/c1-8(9-2)5-7-3-4-10-6-7/h7H,3-6H2,1-2H3. The first-order valence-electron chi connectivity index (χ1n) is 3.66. The lowest BCUT2D eigenvalue weighted by molar-refractivity contribution is -0.117. The molecule has 0 bridgehead atoms. The van der Waals surface area contributed by atoms with Gasteiger partial charge in [-0.25, -0.2) is 0 Å². The second-order valence-electron chi connectivity index (χ2n) is 2.72. The maximum atomic E-state index is 5.22. The van der Waals surface area contributed by atoms with Gasteiger partial charge in [-0.2, -0.15) is 5.06 Å². The first-order chi connectivity index (χ1) is 4.83. The van der Waals surface area contributed by atoms with Crippen molar-refractivity contribution in [2.24, 2.45) is 5.92 Å². The van der Waals surface area contributed by atoms with E-state index in [0.29, 0.717) is 5.92 Å². The van der Waals surface area contributed by atoms with Crippen molar-refractivity contribution in [2.75, 3.05) is 33.9 Å². The first-order valence-corrected chi connectivity index (χ1v) is 3.66. The molecule has 3 nitrogen and oxygen atoms in total. The third kappa shape index (κ3) is 2.25. The van der Waals surface area contributed by atoms with Crippen LogP contribution in [0.5, 0.6) is 0 Å². The lowest BCUT2D eigenvalue weighted by Crippen LogP contribution is -2.24. The number of rotatable bonds is 3. The highest BCUT2D eigenvalue weighted by Gasteiger charge is 2.16. The van der Waals surface area contributed by atoms with Crippen molar-refractivity contribution in [1.29, 1.82) is 0 Å². The van der Waals surface area contributed by atoms with Gasteiger partial charge >= 0.3 is 0 Å². The van der Waals surface area contributed by atoms with E-state index in [4.69, 9.17) is 9.57 Å². The van der Waals surface area contributed by atoms with Crippen LogP contribution in [-0.2, 0) is 9.57 Å². The Morgan fingerprint density at radius 3 is 3.00 bits per heavy atom. The molecule has 1 heterocycles. The predicted octanol–water partition coefficient (Wildman–Crippen LogP) is 0.516. The Hall–Kier alpha value is -0.120. The van der Waals surface area contributed by atoms with Crippen LogP contribution in [0, 0.1) is 5.92 Å². The van der Waals surface area contributed by atoms with Gasteiger partial charge in [0.15, 0.2) is 0 Å². The summed E-state index contributed by atoms with van der Waals surface area (Å²) in [6, 6.07) is 0. The second-order valence-corrected chi connectivity index (χ2v) is 2.72. The Morgan fingerprint density at radius 2 is 2.50 bits per heavy atom. The molecule has 0 radical (unpaired) electrons. The second kappa shape index (κ2) is 3.91. The molecule has 0 aromatic heterocycles. The smallest absolute Gasteiger partial charge is 0.0575 e. The lowest BCUT2D eigenvalue weighted by atomic mass is 10.1. The molecule has 1 fully saturated rings. The van der Waals surface area contributed by atoms with Gasteiger partial charge < -0.3 is 9.57 Å². The monoisotopic (exact) mass is 145 g/mol. The largest absolute Gasteiger partial charge is 0.381 e. The fraction of sp³-hybridized carbons (Fsp3) is 1.00. The van der Waals surface area contributed by atoms with E-state index in [2.05, 4.69) is 0 Å². The van der Waals surface area contributed by atoms with Gasteiger partial charge in [0.05, 0.1) is 13.7 Å². The summed E-state index contributed by atoms with van der Waals surface area (Å²) < 4.78 is 5.22. The summed E-state index contributed by atoms with van der Waals surface area (Å²) in [5, 5.41) is 1.85. The zero-order valence-electron chi connectivity index (χ0n) is 6.67. The fourth-order valence-corrected chi connectivity index (χ4v) is 1.17. The van der Waals surface area contributed by atoms with Crippen LogP contribution in [0.3, 0.4) is 0 Å². The quantitative estimate of drug-likeness (QED) is 0.540. The van der Waals surface area contributed by atoms with E-state index in [1.54, 1.807) is 7.11 Å². The highest BCUT2D eigenvalue weighted by Crippen LogP contribution is 2.12. The topological polar surface area (TPSA) is 21.7 Å². The molecule has 1 aliphatic rings. The summed E-state index contributed by atoms with van der Waals surface area (Å²) in [4.78, 5) is 4.99. The average Bonchev–Trinajstić information content (AvgIpc) is 2.40. The zero-order chi connectivity index (χ0) is 7.40. The number of ether oxygens (including phenoxy) is 1. The van der Waals surface area contributed by atoms with Crippen LogP contribution in [0.25, 0.3) is 0 Å². The van der Waals surface area contributed by atoms with Crippen LogP contribution in [0.15, 0.2) is 0 Å². The Kier molecular flexibility index (Phi) is 3.12. The Balaban J connectivity index is 2.11. The molecular formula is C7H15NO2. The van der Waals surface area contributed by atoms with Crippen molar-refractivity contribution < 1.29 is 9.57 Å². The van der Waals surface area contributed by atoms with E-state index in [-0.39, 0.29) is 0 Å². The molecule has 0 N–H and O–H groups in total. The highest BCUT2D eigenvalue weighted by atomic mass is 16.7. The van der Waals surface area contributed by atoms with Crippen molar-refractivity contribution in [2.45, 2.75) is 6.42 Å². The minimum atomic E-state index is 0.671. The van der Waals surface area contributed by atoms with Crippen LogP contribution < -0.4 is 0 Å². The van der Waals surface area contributed by atoms with E-state index in [0.717, 1.165) is 19.8 Å². The molecule has 60 valence electrons. The maximum Gasteiger partial charge on any atom is 0.0575 e. The van der Waals surface area contributed by atoms with E-state index < -0.39 is 0 Å². The molecule has 1 rings (SSSR count). The van der Waals surface area contributed by atoms with Crippen molar-refractivity contribution in [3.8, 4) is 0 Å².